The molecule has 0 bridgehead atoms. The smallest absolute Gasteiger partial charge is 0.311 e. The number of aryl methyl sites for hydroxylation is 1. The topological polar surface area (TPSA) is 107 Å². The molecule has 0 aliphatic carbocycles. The van der Waals surface area contributed by atoms with Crippen molar-refractivity contribution in [2.75, 3.05) is 11.9 Å². The molecular weight excluding hydrogens is 380 g/mol. The highest BCUT2D eigenvalue weighted by Crippen LogP contribution is 2.19. The fraction of sp³-hybridized carbons (Fsp3) is 0.316. The summed E-state index contributed by atoms with van der Waals surface area (Å²) in [6, 6.07) is 9.52. The first-order valence-electron chi connectivity index (χ1n) is 8.91. The third-order valence-corrected chi connectivity index (χ3v) is 4.52. The number of anilines is 1. The first-order chi connectivity index (χ1) is 13.6. The Morgan fingerprint density at radius 2 is 2.04 bits per heavy atom. The number of amides is 1. The molecule has 146 valence electrons. The van der Waals surface area contributed by atoms with Gasteiger partial charge in [-0.05, 0) is 25.5 Å². The van der Waals surface area contributed by atoms with Gasteiger partial charge in [-0.25, -0.2) is 4.98 Å². The lowest BCUT2D eigenvalue weighted by Crippen LogP contribution is -2.12. The Kier molecular flexibility index (Phi) is 6.85. The first-order valence-corrected chi connectivity index (χ1v) is 9.79. The number of nitrogens with zero attached hydrogens (tertiary/aromatic N) is 3. The summed E-state index contributed by atoms with van der Waals surface area (Å²) in [5.41, 5.74) is 1.44. The number of hydrogen-bond acceptors (Lipinski definition) is 8. The van der Waals surface area contributed by atoms with Gasteiger partial charge in [0.25, 0.3) is 0 Å². The molecule has 0 radical (unpaired) electrons. The number of esters is 1. The largest absolute Gasteiger partial charge is 0.466 e. The van der Waals surface area contributed by atoms with E-state index in [4.69, 9.17) is 9.15 Å². The van der Waals surface area contributed by atoms with Crippen LogP contribution in [-0.2, 0) is 27.2 Å². The molecule has 0 atom stereocenters. The van der Waals surface area contributed by atoms with Gasteiger partial charge in [-0.2, -0.15) is 0 Å². The zero-order valence-corrected chi connectivity index (χ0v) is 16.2. The van der Waals surface area contributed by atoms with E-state index in [1.807, 2.05) is 30.3 Å². The molecule has 3 aromatic rings. The van der Waals surface area contributed by atoms with Crippen molar-refractivity contribution in [2.45, 2.75) is 32.6 Å². The molecule has 0 fully saturated rings. The van der Waals surface area contributed by atoms with E-state index in [0.717, 1.165) is 5.56 Å². The number of carbonyl (C=O) groups is 2. The van der Waals surface area contributed by atoms with Crippen LogP contribution < -0.4 is 5.32 Å². The lowest BCUT2D eigenvalue weighted by molar-refractivity contribution is -0.142. The third-order valence-electron chi connectivity index (χ3n) is 3.71. The second kappa shape index (κ2) is 9.75. The Morgan fingerprint density at radius 3 is 2.82 bits per heavy atom. The summed E-state index contributed by atoms with van der Waals surface area (Å²) < 4.78 is 10.5. The number of carbonyl (C=O) groups excluding carboxylic acids is 2. The van der Waals surface area contributed by atoms with Crippen LogP contribution in [0.25, 0.3) is 11.5 Å². The molecule has 3 rings (SSSR count). The Balaban J connectivity index is 1.42. The van der Waals surface area contributed by atoms with Crippen LogP contribution >= 0.6 is 11.3 Å². The lowest BCUT2D eigenvalue weighted by Gasteiger charge is -2.00. The minimum atomic E-state index is -0.333. The molecule has 2 aromatic heterocycles. The molecule has 0 saturated carbocycles. The molecule has 0 spiro atoms. The highest BCUT2D eigenvalue weighted by molar-refractivity contribution is 7.13. The number of aromatic nitrogens is 3. The summed E-state index contributed by atoms with van der Waals surface area (Å²) in [6.07, 6.45) is 1.49. The van der Waals surface area contributed by atoms with Gasteiger partial charge in [0.1, 0.15) is 0 Å². The summed E-state index contributed by atoms with van der Waals surface area (Å²) in [5, 5.41) is 13.0. The average Bonchev–Trinajstić information content (AvgIpc) is 3.32. The SMILES string of the molecule is CCOC(=O)Cc1csc(NC(=O)CCCc2nnc(-c3ccccc3)o2)n1. The van der Waals surface area contributed by atoms with Gasteiger partial charge >= 0.3 is 5.97 Å². The van der Waals surface area contributed by atoms with Gasteiger partial charge in [0.2, 0.25) is 17.7 Å². The Morgan fingerprint density at radius 1 is 1.21 bits per heavy atom. The lowest BCUT2D eigenvalue weighted by atomic mass is 10.2. The second-order valence-electron chi connectivity index (χ2n) is 5.89. The van der Waals surface area contributed by atoms with Crippen molar-refractivity contribution in [3.05, 3.63) is 47.3 Å². The van der Waals surface area contributed by atoms with E-state index in [1.54, 1.807) is 12.3 Å². The molecular formula is C19H20N4O4S. The molecule has 8 nitrogen and oxygen atoms in total. The van der Waals surface area contributed by atoms with Crippen LogP contribution in [0.2, 0.25) is 0 Å². The standard InChI is InChI=1S/C19H20N4O4S/c1-2-26-17(25)11-14-12-28-19(20-14)21-15(24)9-6-10-16-22-23-18(27-16)13-7-4-3-5-8-13/h3-5,7-8,12H,2,6,9-11H2,1H3,(H,20,21,24). The summed E-state index contributed by atoms with van der Waals surface area (Å²) in [4.78, 5) is 27.7. The molecule has 28 heavy (non-hydrogen) atoms. The van der Waals surface area contributed by atoms with Gasteiger partial charge in [0.15, 0.2) is 5.13 Å². The van der Waals surface area contributed by atoms with Crippen LogP contribution in [0, 0.1) is 0 Å². The summed E-state index contributed by atoms with van der Waals surface area (Å²) in [6.45, 7) is 2.08. The quantitative estimate of drug-likeness (QED) is 0.549. The van der Waals surface area contributed by atoms with Crippen molar-refractivity contribution >= 4 is 28.3 Å². The second-order valence-corrected chi connectivity index (χ2v) is 6.75. The monoisotopic (exact) mass is 400 g/mol. The first kappa shape index (κ1) is 19.7. The number of thiazole rings is 1. The molecule has 1 amide bonds. The molecule has 9 heteroatoms. The zero-order chi connectivity index (χ0) is 19.8. The van der Waals surface area contributed by atoms with Crippen molar-refractivity contribution in [1.29, 1.82) is 0 Å². The number of benzene rings is 1. The number of ether oxygens (including phenoxy) is 1. The van der Waals surface area contributed by atoms with Gasteiger partial charge in [0, 0.05) is 23.8 Å². The summed E-state index contributed by atoms with van der Waals surface area (Å²) in [7, 11) is 0. The molecule has 1 N–H and O–H groups in total. The average molecular weight is 400 g/mol. The minimum absolute atomic E-state index is 0.0983. The normalized spacial score (nSPS) is 10.6. The third kappa shape index (κ3) is 5.71. The number of nitrogens with one attached hydrogen (secondary N) is 1. The maximum absolute atomic E-state index is 12.1. The summed E-state index contributed by atoms with van der Waals surface area (Å²) in [5.74, 6) is 0.481. The predicted molar refractivity (Wildman–Crippen MR) is 104 cm³/mol. The van der Waals surface area contributed by atoms with E-state index in [-0.39, 0.29) is 18.3 Å². The van der Waals surface area contributed by atoms with Crippen LogP contribution in [0.5, 0.6) is 0 Å². The van der Waals surface area contributed by atoms with Gasteiger partial charge in [-0.3, -0.25) is 9.59 Å². The highest BCUT2D eigenvalue weighted by Gasteiger charge is 2.12. The fourth-order valence-corrected chi connectivity index (χ4v) is 3.17. The van der Waals surface area contributed by atoms with Crippen LogP contribution in [0.1, 0.15) is 31.4 Å². The van der Waals surface area contributed by atoms with E-state index in [2.05, 4.69) is 20.5 Å². The maximum atomic E-state index is 12.1. The predicted octanol–water partition coefficient (Wildman–Crippen LogP) is 3.26. The van der Waals surface area contributed by atoms with E-state index < -0.39 is 0 Å². The van der Waals surface area contributed by atoms with Gasteiger partial charge < -0.3 is 14.5 Å². The van der Waals surface area contributed by atoms with E-state index in [1.165, 1.54) is 11.3 Å². The molecule has 0 aliphatic rings. The van der Waals surface area contributed by atoms with Crippen molar-refractivity contribution < 1.29 is 18.7 Å². The van der Waals surface area contributed by atoms with E-state index in [0.29, 0.717) is 48.5 Å². The van der Waals surface area contributed by atoms with Crippen molar-refractivity contribution in [3.8, 4) is 11.5 Å². The Labute approximate surface area is 166 Å². The van der Waals surface area contributed by atoms with E-state index in [9.17, 15) is 9.59 Å². The van der Waals surface area contributed by atoms with Gasteiger partial charge in [-0.15, -0.1) is 21.5 Å². The Bertz CT molecular complexity index is 923. The number of rotatable bonds is 9. The van der Waals surface area contributed by atoms with Crippen molar-refractivity contribution in [1.82, 2.24) is 15.2 Å². The van der Waals surface area contributed by atoms with Crippen LogP contribution in [-0.4, -0.2) is 33.7 Å². The molecule has 0 unspecified atom stereocenters. The van der Waals surface area contributed by atoms with E-state index >= 15 is 0 Å². The highest BCUT2D eigenvalue weighted by atomic mass is 32.1. The Hall–Kier alpha value is -3.07. The van der Waals surface area contributed by atoms with Gasteiger partial charge in [-0.1, -0.05) is 18.2 Å². The van der Waals surface area contributed by atoms with Crippen LogP contribution in [0.4, 0.5) is 5.13 Å². The molecule has 1 aromatic carbocycles. The molecule has 0 aliphatic heterocycles. The van der Waals surface area contributed by atoms with Crippen LogP contribution in [0.15, 0.2) is 40.1 Å². The van der Waals surface area contributed by atoms with Crippen molar-refractivity contribution in [2.24, 2.45) is 0 Å². The summed E-state index contributed by atoms with van der Waals surface area (Å²) >= 11 is 1.28. The molecule has 0 saturated heterocycles. The minimum Gasteiger partial charge on any atom is -0.466 e. The van der Waals surface area contributed by atoms with Gasteiger partial charge in [0.05, 0.1) is 18.7 Å². The number of hydrogen-bond donors (Lipinski definition) is 1. The zero-order valence-electron chi connectivity index (χ0n) is 15.4. The van der Waals surface area contributed by atoms with Crippen molar-refractivity contribution in [3.63, 3.8) is 0 Å². The maximum Gasteiger partial charge on any atom is 0.311 e. The van der Waals surface area contributed by atoms with Crippen LogP contribution in [0.3, 0.4) is 0 Å². The molecule has 2 heterocycles. The fourth-order valence-electron chi connectivity index (χ4n) is 2.44.